The first-order chi connectivity index (χ1) is 12.7. The molecule has 2 aromatic carbocycles. The van der Waals surface area contributed by atoms with Gasteiger partial charge in [-0.2, -0.15) is 0 Å². The normalized spacial score (nSPS) is 16.0. The Bertz CT molecular complexity index is 879. The predicted molar refractivity (Wildman–Crippen MR) is 121 cm³/mol. The van der Waals surface area contributed by atoms with Crippen LogP contribution in [0.3, 0.4) is 0 Å². The molecule has 0 aliphatic carbocycles. The van der Waals surface area contributed by atoms with E-state index >= 15 is 0 Å². The molecule has 1 aliphatic heterocycles. The van der Waals surface area contributed by atoms with E-state index in [9.17, 15) is 4.79 Å². The molecule has 1 amide bonds. The van der Waals surface area contributed by atoms with Crippen LogP contribution < -0.4 is 5.32 Å². The van der Waals surface area contributed by atoms with Crippen molar-refractivity contribution in [2.45, 2.75) is 18.8 Å². The SMILES string of the molecule is CC(Cc1nc2ccccc2s1)(C(=O)N1CCNCC1)c1ccccc1.Cl.Cl. The highest BCUT2D eigenvalue weighted by Crippen LogP contribution is 2.33. The lowest BCUT2D eigenvalue weighted by atomic mass is 9.78. The lowest BCUT2D eigenvalue weighted by Crippen LogP contribution is -2.53. The summed E-state index contributed by atoms with van der Waals surface area (Å²) in [5.74, 6) is 0.199. The smallest absolute Gasteiger partial charge is 0.233 e. The van der Waals surface area contributed by atoms with Gasteiger partial charge in [-0.1, -0.05) is 42.5 Å². The highest BCUT2D eigenvalue weighted by atomic mass is 35.5. The van der Waals surface area contributed by atoms with Gasteiger partial charge in [0.05, 0.1) is 20.6 Å². The Morgan fingerprint density at radius 2 is 1.71 bits per heavy atom. The third-order valence-electron chi connectivity index (χ3n) is 5.13. The minimum absolute atomic E-state index is 0. The molecule has 1 unspecified atom stereocenters. The average Bonchev–Trinajstić information content (AvgIpc) is 3.10. The van der Waals surface area contributed by atoms with Gasteiger partial charge in [0.2, 0.25) is 5.91 Å². The van der Waals surface area contributed by atoms with Gasteiger partial charge in [0.15, 0.2) is 0 Å². The Labute approximate surface area is 182 Å². The number of benzene rings is 2. The van der Waals surface area contributed by atoms with Crippen molar-refractivity contribution in [3.05, 3.63) is 65.2 Å². The topological polar surface area (TPSA) is 45.2 Å². The summed E-state index contributed by atoms with van der Waals surface area (Å²) in [4.78, 5) is 20.3. The molecular formula is C21H25Cl2N3OS. The lowest BCUT2D eigenvalue weighted by Gasteiger charge is -2.36. The quantitative estimate of drug-likeness (QED) is 0.668. The maximum atomic E-state index is 13.5. The Morgan fingerprint density at radius 1 is 1.07 bits per heavy atom. The molecular weight excluding hydrogens is 413 g/mol. The first kappa shape index (κ1) is 22.6. The van der Waals surface area contributed by atoms with E-state index in [0.29, 0.717) is 6.42 Å². The molecule has 0 radical (unpaired) electrons. The van der Waals surface area contributed by atoms with Gasteiger partial charge in [0.25, 0.3) is 0 Å². The van der Waals surface area contributed by atoms with Gasteiger partial charge >= 0.3 is 0 Å². The number of aromatic nitrogens is 1. The zero-order chi connectivity index (χ0) is 18.0. The Hall–Kier alpha value is -1.66. The standard InChI is InChI=1S/C21H23N3OS.2ClH/c1-21(16-7-3-2-4-8-16,20(25)24-13-11-22-12-14-24)15-19-23-17-9-5-6-10-18(17)26-19;;/h2-10,22H,11-15H2,1H3;2*1H. The van der Waals surface area contributed by atoms with Crippen molar-refractivity contribution >= 4 is 52.3 Å². The highest BCUT2D eigenvalue weighted by Gasteiger charge is 2.39. The van der Waals surface area contributed by atoms with Crippen LogP contribution in [-0.4, -0.2) is 42.0 Å². The molecule has 0 saturated carbocycles. The molecule has 1 fully saturated rings. The number of amides is 1. The van der Waals surface area contributed by atoms with E-state index < -0.39 is 5.41 Å². The van der Waals surface area contributed by atoms with Gasteiger partial charge in [-0.15, -0.1) is 36.2 Å². The first-order valence-corrected chi connectivity index (χ1v) is 9.88. The number of fused-ring (bicyclic) bond motifs is 1. The summed E-state index contributed by atoms with van der Waals surface area (Å²) in [5.41, 5.74) is 1.47. The second-order valence-corrected chi connectivity index (χ2v) is 8.11. The molecule has 3 aromatic rings. The van der Waals surface area contributed by atoms with E-state index in [1.165, 1.54) is 4.70 Å². The zero-order valence-electron chi connectivity index (χ0n) is 15.8. The first-order valence-electron chi connectivity index (χ1n) is 9.07. The van der Waals surface area contributed by atoms with Crippen LogP contribution in [0.15, 0.2) is 54.6 Å². The molecule has 2 heterocycles. The minimum Gasteiger partial charge on any atom is -0.339 e. The van der Waals surface area contributed by atoms with Crippen molar-refractivity contribution in [1.82, 2.24) is 15.2 Å². The van der Waals surface area contributed by atoms with Gasteiger partial charge in [-0.05, 0) is 24.6 Å². The fraction of sp³-hybridized carbons (Fsp3) is 0.333. The number of rotatable bonds is 4. The number of carbonyl (C=O) groups is 1. The molecule has 1 aliphatic rings. The third kappa shape index (κ3) is 4.49. The number of halogens is 2. The molecule has 0 bridgehead atoms. The highest BCUT2D eigenvalue weighted by molar-refractivity contribution is 7.18. The van der Waals surface area contributed by atoms with Crippen LogP contribution in [0.25, 0.3) is 10.2 Å². The van der Waals surface area contributed by atoms with Crippen LogP contribution in [-0.2, 0) is 16.6 Å². The van der Waals surface area contributed by atoms with Crippen molar-refractivity contribution in [2.75, 3.05) is 26.2 Å². The van der Waals surface area contributed by atoms with Crippen LogP contribution in [0.2, 0.25) is 0 Å². The summed E-state index contributed by atoms with van der Waals surface area (Å²) in [5, 5.41) is 4.34. The number of para-hydroxylation sites is 1. The largest absolute Gasteiger partial charge is 0.339 e. The maximum absolute atomic E-state index is 13.5. The third-order valence-corrected chi connectivity index (χ3v) is 6.17. The summed E-state index contributed by atoms with van der Waals surface area (Å²) in [6.07, 6.45) is 0.624. The van der Waals surface area contributed by atoms with Crippen molar-refractivity contribution < 1.29 is 4.79 Å². The Kier molecular flexibility index (Phi) is 7.84. The molecule has 150 valence electrons. The molecule has 1 aromatic heterocycles. The van der Waals surface area contributed by atoms with Gasteiger partial charge in [0.1, 0.15) is 0 Å². The number of piperazine rings is 1. The van der Waals surface area contributed by atoms with E-state index in [4.69, 9.17) is 4.98 Å². The number of hydrogen-bond donors (Lipinski definition) is 1. The van der Waals surface area contributed by atoms with E-state index in [1.807, 2.05) is 41.3 Å². The van der Waals surface area contributed by atoms with Gasteiger partial charge < -0.3 is 10.2 Å². The van der Waals surface area contributed by atoms with Crippen LogP contribution in [0.1, 0.15) is 17.5 Å². The second kappa shape index (κ2) is 9.70. The molecule has 7 heteroatoms. The van der Waals surface area contributed by atoms with E-state index in [0.717, 1.165) is 42.3 Å². The minimum atomic E-state index is -0.605. The van der Waals surface area contributed by atoms with E-state index in [1.54, 1.807) is 11.3 Å². The van der Waals surface area contributed by atoms with Crippen LogP contribution in [0, 0.1) is 0 Å². The van der Waals surface area contributed by atoms with Crippen molar-refractivity contribution in [1.29, 1.82) is 0 Å². The number of nitrogens with one attached hydrogen (secondary N) is 1. The fourth-order valence-corrected chi connectivity index (χ4v) is 4.75. The summed E-state index contributed by atoms with van der Waals surface area (Å²) < 4.78 is 1.17. The number of nitrogens with zero attached hydrogens (tertiary/aromatic N) is 2. The van der Waals surface area contributed by atoms with Crippen LogP contribution in [0.4, 0.5) is 0 Å². The van der Waals surface area contributed by atoms with Gasteiger partial charge in [0, 0.05) is 32.6 Å². The average molecular weight is 438 g/mol. The molecule has 28 heavy (non-hydrogen) atoms. The fourth-order valence-electron chi connectivity index (χ4n) is 3.62. The molecule has 1 atom stereocenters. The second-order valence-electron chi connectivity index (χ2n) is 6.99. The lowest BCUT2D eigenvalue weighted by molar-refractivity contribution is -0.137. The van der Waals surface area contributed by atoms with Crippen molar-refractivity contribution in [2.24, 2.45) is 0 Å². The summed E-state index contributed by atoms with van der Waals surface area (Å²) in [6.45, 7) is 5.32. The number of thiazole rings is 1. The van der Waals surface area contributed by atoms with E-state index in [2.05, 4.69) is 30.4 Å². The van der Waals surface area contributed by atoms with Gasteiger partial charge in [-0.25, -0.2) is 4.98 Å². The molecule has 1 saturated heterocycles. The van der Waals surface area contributed by atoms with Crippen LogP contribution in [0.5, 0.6) is 0 Å². The molecule has 4 nitrogen and oxygen atoms in total. The summed E-state index contributed by atoms with van der Waals surface area (Å²) in [7, 11) is 0. The molecule has 1 N–H and O–H groups in total. The predicted octanol–water partition coefficient (Wildman–Crippen LogP) is 4.07. The monoisotopic (exact) mass is 437 g/mol. The van der Waals surface area contributed by atoms with Gasteiger partial charge in [-0.3, -0.25) is 4.79 Å². The zero-order valence-corrected chi connectivity index (χ0v) is 18.2. The number of carbonyl (C=O) groups excluding carboxylic acids is 1. The molecule has 4 rings (SSSR count). The van der Waals surface area contributed by atoms with Crippen LogP contribution >= 0.6 is 36.2 Å². The molecule has 0 spiro atoms. The van der Waals surface area contributed by atoms with E-state index in [-0.39, 0.29) is 30.7 Å². The summed E-state index contributed by atoms with van der Waals surface area (Å²) >= 11 is 1.69. The maximum Gasteiger partial charge on any atom is 0.233 e. The Balaban J connectivity index is 0.00000140. The summed E-state index contributed by atoms with van der Waals surface area (Å²) in [6, 6.07) is 18.3. The van der Waals surface area contributed by atoms with Crippen molar-refractivity contribution in [3.8, 4) is 0 Å². The Morgan fingerprint density at radius 3 is 2.39 bits per heavy atom. The number of hydrogen-bond acceptors (Lipinski definition) is 4. The van der Waals surface area contributed by atoms with Crippen molar-refractivity contribution in [3.63, 3.8) is 0 Å².